The number of nitrogens with one attached hydrogen (secondary N) is 1. The van der Waals surface area contributed by atoms with Crippen LogP contribution < -0.4 is 5.32 Å². The second-order valence-electron chi connectivity index (χ2n) is 5.05. The maximum absolute atomic E-state index is 11.9. The normalized spacial score (nSPS) is 15.2. The van der Waals surface area contributed by atoms with E-state index in [2.05, 4.69) is 20.8 Å². The number of benzene rings is 1. The summed E-state index contributed by atoms with van der Waals surface area (Å²) in [5.41, 5.74) is 0.890. The van der Waals surface area contributed by atoms with Crippen LogP contribution in [0.25, 0.3) is 5.69 Å². The molecule has 0 radical (unpaired) electrons. The minimum atomic E-state index is 0.0505. The van der Waals surface area contributed by atoms with E-state index in [4.69, 9.17) is 0 Å². The zero-order valence-electron chi connectivity index (χ0n) is 11.6. The Kier molecular flexibility index (Phi) is 4.49. The number of rotatable bonds is 5. The van der Waals surface area contributed by atoms with Gasteiger partial charge < -0.3 is 5.32 Å². The third-order valence-corrected chi connectivity index (χ3v) is 4.41. The Morgan fingerprint density at radius 1 is 1.29 bits per heavy atom. The van der Waals surface area contributed by atoms with Crippen LogP contribution in [0.3, 0.4) is 0 Å². The molecule has 1 aromatic carbocycles. The summed E-state index contributed by atoms with van der Waals surface area (Å²) in [5.74, 6) is 0.387. The van der Waals surface area contributed by atoms with Crippen LogP contribution in [0.1, 0.15) is 25.7 Å². The number of hydrogen-bond acceptors (Lipinski definition) is 5. The summed E-state index contributed by atoms with van der Waals surface area (Å²) >= 11 is 1.35. The lowest BCUT2D eigenvalue weighted by molar-refractivity contribution is -0.119. The van der Waals surface area contributed by atoms with E-state index in [0.717, 1.165) is 18.5 Å². The highest BCUT2D eigenvalue weighted by molar-refractivity contribution is 7.99. The molecule has 1 aliphatic carbocycles. The molecule has 1 N–H and O–H groups in total. The molecule has 1 aromatic heterocycles. The predicted octanol–water partition coefficient (Wildman–Crippen LogP) is 1.81. The zero-order chi connectivity index (χ0) is 14.5. The molecule has 0 bridgehead atoms. The molecule has 3 rings (SSSR count). The summed E-state index contributed by atoms with van der Waals surface area (Å²) < 4.78 is 1.65. The Hall–Kier alpha value is -1.89. The van der Waals surface area contributed by atoms with Crippen LogP contribution in [0, 0.1) is 0 Å². The number of aromatic nitrogens is 4. The van der Waals surface area contributed by atoms with Gasteiger partial charge in [0.2, 0.25) is 11.1 Å². The molecular weight excluding hydrogens is 286 g/mol. The third kappa shape index (κ3) is 3.60. The van der Waals surface area contributed by atoms with Gasteiger partial charge in [-0.3, -0.25) is 4.79 Å². The van der Waals surface area contributed by atoms with Crippen LogP contribution in [0.4, 0.5) is 0 Å². The average molecular weight is 303 g/mol. The number of nitrogens with zero attached hydrogens (tertiary/aromatic N) is 4. The first-order chi connectivity index (χ1) is 10.3. The quantitative estimate of drug-likeness (QED) is 0.853. The lowest BCUT2D eigenvalue weighted by Crippen LogP contribution is -2.33. The molecule has 1 heterocycles. The molecule has 110 valence electrons. The molecule has 0 atom stereocenters. The van der Waals surface area contributed by atoms with E-state index in [1.165, 1.54) is 24.6 Å². The number of para-hydroxylation sites is 1. The zero-order valence-corrected chi connectivity index (χ0v) is 12.4. The van der Waals surface area contributed by atoms with Gasteiger partial charge in [-0.2, -0.15) is 4.68 Å². The molecule has 2 aromatic rings. The molecule has 0 unspecified atom stereocenters. The molecule has 0 spiro atoms. The SMILES string of the molecule is O=C(CSc1nnnn1-c1ccccc1)NC1CCCC1. The fourth-order valence-corrected chi connectivity index (χ4v) is 3.17. The number of carbonyl (C=O) groups is 1. The Balaban J connectivity index is 1.58. The third-order valence-electron chi connectivity index (χ3n) is 3.49. The molecule has 6 nitrogen and oxygen atoms in total. The van der Waals surface area contributed by atoms with E-state index in [-0.39, 0.29) is 5.91 Å². The summed E-state index contributed by atoms with van der Waals surface area (Å²) in [7, 11) is 0. The van der Waals surface area contributed by atoms with Gasteiger partial charge >= 0.3 is 0 Å². The standard InChI is InChI=1S/C14H17N5OS/c20-13(15-11-6-4-5-7-11)10-21-14-16-17-18-19(14)12-8-2-1-3-9-12/h1-3,8-9,11H,4-7,10H2,(H,15,20). The first-order valence-electron chi connectivity index (χ1n) is 7.09. The van der Waals surface area contributed by atoms with E-state index in [9.17, 15) is 4.79 Å². The lowest BCUT2D eigenvalue weighted by atomic mass is 10.2. The maximum atomic E-state index is 11.9. The number of carbonyl (C=O) groups excluding carboxylic acids is 1. The summed E-state index contributed by atoms with van der Waals surface area (Å²) in [6.07, 6.45) is 4.62. The predicted molar refractivity (Wildman–Crippen MR) is 80.3 cm³/mol. The Morgan fingerprint density at radius 2 is 2.05 bits per heavy atom. The van der Waals surface area contributed by atoms with Crippen molar-refractivity contribution >= 4 is 17.7 Å². The first kappa shape index (κ1) is 14.1. The minimum absolute atomic E-state index is 0.0505. The van der Waals surface area contributed by atoms with Crippen molar-refractivity contribution in [2.75, 3.05) is 5.75 Å². The van der Waals surface area contributed by atoms with Crippen LogP contribution >= 0.6 is 11.8 Å². The van der Waals surface area contributed by atoms with Crippen molar-refractivity contribution in [2.24, 2.45) is 0 Å². The number of thioether (sulfide) groups is 1. The molecular formula is C14H17N5OS. The van der Waals surface area contributed by atoms with Gasteiger partial charge in [0, 0.05) is 6.04 Å². The molecule has 0 saturated heterocycles. The second-order valence-corrected chi connectivity index (χ2v) is 5.99. The topological polar surface area (TPSA) is 72.7 Å². The van der Waals surface area contributed by atoms with Crippen LogP contribution in [0.5, 0.6) is 0 Å². The fraction of sp³-hybridized carbons (Fsp3) is 0.429. The van der Waals surface area contributed by atoms with E-state index in [1.54, 1.807) is 4.68 Å². The monoisotopic (exact) mass is 303 g/mol. The first-order valence-corrected chi connectivity index (χ1v) is 8.07. The van der Waals surface area contributed by atoms with Crippen molar-refractivity contribution in [3.8, 4) is 5.69 Å². The van der Waals surface area contributed by atoms with E-state index in [0.29, 0.717) is 17.0 Å². The number of hydrogen-bond donors (Lipinski definition) is 1. The summed E-state index contributed by atoms with van der Waals surface area (Å²) in [6, 6.07) is 10.0. The van der Waals surface area contributed by atoms with Crippen molar-refractivity contribution < 1.29 is 4.79 Å². The second kappa shape index (κ2) is 6.71. The van der Waals surface area contributed by atoms with Gasteiger partial charge in [0.25, 0.3) is 0 Å². The molecule has 1 aliphatic rings. The number of amides is 1. The summed E-state index contributed by atoms with van der Waals surface area (Å²) in [4.78, 5) is 11.9. The van der Waals surface area contributed by atoms with Gasteiger partial charge in [-0.15, -0.1) is 5.10 Å². The highest BCUT2D eigenvalue weighted by Crippen LogP contribution is 2.20. The molecule has 1 amide bonds. The lowest BCUT2D eigenvalue weighted by Gasteiger charge is -2.11. The molecule has 1 fully saturated rings. The maximum Gasteiger partial charge on any atom is 0.230 e. The van der Waals surface area contributed by atoms with Crippen LogP contribution in [0.2, 0.25) is 0 Å². The minimum Gasteiger partial charge on any atom is -0.353 e. The molecule has 0 aliphatic heterocycles. The largest absolute Gasteiger partial charge is 0.353 e. The summed E-state index contributed by atoms with van der Waals surface area (Å²) in [5, 5.41) is 15.3. The molecule has 21 heavy (non-hydrogen) atoms. The van der Waals surface area contributed by atoms with Gasteiger partial charge in [-0.05, 0) is 35.4 Å². The van der Waals surface area contributed by atoms with E-state index in [1.807, 2.05) is 30.3 Å². The van der Waals surface area contributed by atoms with E-state index >= 15 is 0 Å². The Morgan fingerprint density at radius 3 is 2.81 bits per heavy atom. The Labute approximate surface area is 127 Å². The summed E-state index contributed by atoms with van der Waals surface area (Å²) in [6.45, 7) is 0. The average Bonchev–Trinajstić information content (AvgIpc) is 3.17. The molecule has 7 heteroatoms. The van der Waals surface area contributed by atoms with Gasteiger partial charge in [0.15, 0.2) is 0 Å². The van der Waals surface area contributed by atoms with Gasteiger partial charge in [0.1, 0.15) is 0 Å². The van der Waals surface area contributed by atoms with Gasteiger partial charge in [-0.25, -0.2) is 0 Å². The highest BCUT2D eigenvalue weighted by Gasteiger charge is 2.18. The van der Waals surface area contributed by atoms with Crippen molar-refractivity contribution in [1.82, 2.24) is 25.5 Å². The van der Waals surface area contributed by atoms with Crippen molar-refractivity contribution in [3.63, 3.8) is 0 Å². The highest BCUT2D eigenvalue weighted by atomic mass is 32.2. The van der Waals surface area contributed by atoms with Crippen LogP contribution in [0.15, 0.2) is 35.5 Å². The van der Waals surface area contributed by atoms with Crippen LogP contribution in [-0.4, -0.2) is 37.9 Å². The molecule has 1 saturated carbocycles. The van der Waals surface area contributed by atoms with Gasteiger partial charge in [0.05, 0.1) is 11.4 Å². The smallest absolute Gasteiger partial charge is 0.230 e. The fourth-order valence-electron chi connectivity index (χ4n) is 2.47. The Bertz CT molecular complexity index is 594. The van der Waals surface area contributed by atoms with Gasteiger partial charge in [-0.1, -0.05) is 42.8 Å². The number of tetrazole rings is 1. The van der Waals surface area contributed by atoms with Crippen molar-refractivity contribution in [1.29, 1.82) is 0 Å². The van der Waals surface area contributed by atoms with Crippen molar-refractivity contribution in [2.45, 2.75) is 36.9 Å². The van der Waals surface area contributed by atoms with Crippen molar-refractivity contribution in [3.05, 3.63) is 30.3 Å². The van der Waals surface area contributed by atoms with Crippen LogP contribution in [-0.2, 0) is 4.79 Å². The van der Waals surface area contributed by atoms with E-state index < -0.39 is 0 Å².